The van der Waals surface area contributed by atoms with E-state index in [2.05, 4.69) is 165 Å². The summed E-state index contributed by atoms with van der Waals surface area (Å²) in [7, 11) is 0. The molecule has 0 bridgehead atoms. The molecule has 7 heteroatoms. The first-order chi connectivity index (χ1) is 34.2. The lowest BCUT2D eigenvalue weighted by Crippen LogP contribution is -2.32. The van der Waals surface area contributed by atoms with Gasteiger partial charge < -0.3 is 9.84 Å². The smallest absolute Gasteiger partial charge is 0.396 e. The molecule has 0 saturated carbocycles. The first-order valence-corrected chi connectivity index (χ1v) is 28.5. The average molecular weight is 1110 g/mol. The van der Waals surface area contributed by atoms with Gasteiger partial charge in [0.15, 0.2) is 0 Å². The van der Waals surface area contributed by atoms with E-state index in [0.717, 1.165) is 137 Å². The molecule has 0 aliphatic carbocycles. The zero-order valence-electron chi connectivity index (χ0n) is 46.9. The van der Waals surface area contributed by atoms with Crippen LogP contribution < -0.4 is 0 Å². The minimum atomic E-state index is -4.43. The van der Waals surface area contributed by atoms with Crippen LogP contribution in [0.15, 0.2) is 140 Å². The Morgan fingerprint density at radius 2 is 0.917 bits per heavy atom. The highest BCUT2D eigenvalue weighted by molar-refractivity contribution is 14.1. The molecular formula is C65H97F3INO2. The Labute approximate surface area is 452 Å². The molecule has 1 aliphatic heterocycles. The number of benzene rings is 1. The molecule has 1 aromatic carbocycles. The average Bonchev–Trinajstić information content (AvgIpc) is 4.13. The summed E-state index contributed by atoms with van der Waals surface area (Å²) in [6, 6.07) is 4.82. The molecule has 1 heterocycles. The van der Waals surface area contributed by atoms with Gasteiger partial charge in [0.25, 0.3) is 0 Å². The summed E-state index contributed by atoms with van der Waals surface area (Å²) in [5.74, 6) is 0.449. The normalized spacial score (nSPS) is 17.3. The van der Waals surface area contributed by atoms with E-state index < -0.39 is 11.7 Å². The van der Waals surface area contributed by atoms with Crippen molar-refractivity contribution in [2.45, 2.75) is 229 Å². The third-order valence-electron chi connectivity index (χ3n) is 13.8. The van der Waals surface area contributed by atoms with Crippen LogP contribution in [0.5, 0.6) is 0 Å². The van der Waals surface area contributed by atoms with Gasteiger partial charge in [-0.15, -0.1) is 0 Å². The third-order valence-corrected chi connectivity index (χ3v) is 14.8. The molecule has 0 fully saturated rings. The number of allylic oxidation sites excluding steroid dienone is 19. The Morgan fingerprint density at radius 3 is 1.24 bits per heavy atom. The number of aliphatic hydroxyl groups excluding tert-OH is 1. The Hall–Kier alpha value is -3.27. The lowest BCUT2D eigenvalue weighted by Gasteiger charge is -2.19. The van der Waals surface area contributed by atoms with E-state index in [1.54, 1.807) is 12.1 Å². The van der Waals surface area contributed by atoms with Gasteiger partial charge in [0.2, 0.25) is 5.54 Å². The van der Waals surface area contributed by atoms with Gasteiger partial charge in [-0.1, -0.05) is 130 Å². The minimum Gasteiger partial charge on any atom is -0.396 e. The number of hydrogen-bond donors (Lipinski definition) is 1. The van der Waals surface area contributed by atoms with E-state index >= 15 is 0 Å². The Bertz CT molecular complexity index is 2110. The van der Waals surface area contributed by atoms with Crippen LogP contribution in [0.3, 0.4) is 0 Å². The van der Waals surface area contributed by atoms with Crippen molar-refractivity contribution in [3.05, 3.63) is 149 Å². The molecule has 72 heavy (non-hydrogen) atoms. The second kappa shape index (κ2) is 36.6. The third kappa shape index (κ3) is 29.6. The van der Waals surface area contributed by atoms with Gasteiger partial charge in [0, 0.05) is 16.4 Å². The summed E-state index contributed by atoms with van der Waals surface area (Å²) in [6.45, 7) is 25.7. The summed E-state index contributed by atoms with van der Waals surface area (Å²) in [5, 5.41) is 9.33. The Kier molecular flexibility index (Phi) is 33.0. The molecule has 2 atom stereocenters. The van der Waals surface area contributed by atoms with Crippen LogP contribution in [-0.4, -0.2) is 30.7 Å². The molecule has 3 nitrogen and oxygen atoms in total. The SMILES string of the molecule is CC(C)=CCC/C(C)=C/CC/C(C)=C/CC/C(C)=C\CC/C(C)=C\CC/C(C)=C\CC/C(C)=C\CC/C(C)=C\CC/C(C)=C\CC/C(=C\CC[C@H](C)CCO)COCc1ccc(C2(C(F)(F)F)C=N2)cc1I. The Morgan fingerprint density at radius 1 is 0.556 bits per heavy atom. The highest BCUT2D eigenvalue weighted by Crippen LogP contribution is 2.48. The molecule has 402 valence electrons. The van der Waals surface area contributed by atoms with Crippen molar-refractivity contribution in [3.63, 3.8) is 0 Å². The van der Waals surface area contributed by atoms with Crippen molar-refractivity contribution in [1.29, 1.82) is 0 Å². The van der Waals surface area contributed by atoms with Gasteiger partial charge in [-0.2, -0.15) is 13.2 Å². The number of ether oxygens (including phenoxy) is 1. The van der Waals surface area contributed by atoms with Crippen LogP contribution >= 0.6 is 22.6 Å². The van der Waals surface area contributed by atoms with E-state index in [4.69, 9.17) is 4.74 Å². The maximum absolute atomic E-state index is 13.6. The fourth-order valence-electron chi connectivity index (χ4n) is 8.62. The predicted molar refractivity (Wildman–Crippen MR) is 316 cm³/mol. The molecule has 0 aromatic heterocycles. The molecule has 0 spiro atoms. The van der Waals surface area contributed by atoms with Crippen molar-refractivity contribution in [2.75, 3.05) is 13.2 Å². The first-order valence-electron chi connectivity index (χ1n) is 27.4. The van der Waals surface area contributed by atoms with Crippen LogP contribution in [-0.2, 0) is 16.9 Å². The van der Waals surface area contributed by atoms with Gasteiger partial charge in [-0.3, -0.25) is 4.99 Å². The maximum atomic E-state index is 13.6. The maximum Gasteiger partial charge on any atom is 0.422 e. The highest BCUT2D eigenvalue weighted by Gasteiger charge is 2.61. The monoisotopic (exact) mass is 1110 g/mol. The summed E-state index contributed by atoms with van der Waals surface area (Å²) in [6.07, 6.45) is 43.1. The first kappa shape index (κ1) is 64.8. The molecule has 1 unspecified atom stereocenters. The van der Waals surface area contributed by atoms with Crippen molar-refractivity contribution in [3.8, 4) is 0 Å². The van der Waals surface area contributed by atoms with Crippen molar-refractivity contribution in [1.82, 2.24) is 0 Å². The van der Waals surface area contributed by atoms with Gasteiger partial charge in [-0.05, 0) is 255 Å². The molecule has 1 aromatic rings. The summed E-state index contributed by atoms with van der Waals surface area (Å²) < 4.78 is 47.6. The number of aliphatic hydroxyl groups is 1. The zero-order valence-corrected chi connectivity index (χ0v) is 49.1. The number of rotatable bonds is 37. The van der Waals surface area contributed by atoms with Crippen LogP contribution in [0.4, 0.5) is 13.2 Å². The van der Waals surface area contributed by atoms with Crippen molar-refractivity contribution in [2.24, 2.45) is 10.9 Å². The largest absolute Gasteiger partial charge is 0.422 e. The highest BCUT2D eigenvalue weighted by atomic mass is 127. The van der Waals surface area contributed by atoms with Gasteiger partial charge in [0.05, 0.1) is 13.2 Å². The number of alkyl halides is 3. The fraction of sp³-hybridized carbons (Fsp3) is 0.585. The van der Waals surface area contributed by atoms with Gasteiger partial charge in [0.1, 0.15) is 0 Å². The van der Waals surface area contributed by atoms with Crippen LogP contribution in [0.1, 0.15) is 222 Å². The lowest BCUT2D eigenvalue weighted by atomic mass is 9.96. The molecule has 0 amide bonds. The summed E-state index contributed by atoms with van der Waals surface area (Å²) in [5.41, 5.74) is 13.4. The Balaban J connectivity index is 1.68. The number of aliphatic imine (C=N–C) groups is 1. The lowest BCUT2D eigenvalue weighted by molar-refractivity contribution is -0.156. The van der Waals surface area contributed by atoms with E-state index in [9.17, 15) is 18.3 Å². The zero-order chi connectivity index (χ0) is 53.4. The number of nitrogens with zero attached hydrogens (tertiary/aromatic N) is 1. The standard InChI is InChI=1S/C65H97F3INO2/c1-50(2)22-12-23-51(3)24-13-25-52(4)26-14-27-53(5)28-15-29-54(6)30-16-31-55(7)32-17-33-56(8)34-18-35-57(9)36-19-37-58(10)38-20-40-60(41-21-39-59(11)44-45-71)47-72-48-61-42-43-62(46-63(61)69)64(49-70-64)65(66,67)68/h22,24,26,28,30,32,34,36,38,41-43,46,49,59,71H,12-21,23,25,27,29,31,33,35,37,39-40,44-45,47-48H2,1-11H3/b51-24+,52-26+,53-28-,54-30-,55-32-,56-34-,57-36-,58-38-,60-41+/t59-,64?/m0/s1. The molecule has 2 rings (SSSR count). The molecular weight excluding hydrogens is 1010 g/mol. The van der Waals surface area contributed by atoms with E-state index in [1.807, 2.05) is 0 Å². The number of halogens is 4. The second-order valence-electron chi connectivity index (χ2n) is 21.4. The van der Waals surface area contributed by atoms with Crippen LogP contribution in [0.2, 0.25) is 0 Å². The van der Waals surface area contributed by atoms with E-state index in [-0.39, 0.29) is 12.2 Å². The summed E-state index contributed by atoms with van der Waals surface area (Å²) >= 11 is 2.09. The predicted octanol–water partition coefficient (Wildman–Crippen LogP) is 20.9. The molecule has 1 aliphatic rings. The number of hydrogen-bond acceptors (Lipinski definition) is 3. The fourth-order valence-corrected chi connectivity index (χ4v) is 9.29. The van der Waals surface area contributed by atoms with Crippen LogP contribution in [0, 0.1) is 9.49 Å². The topological polar surface area (TPSA) is 41.8 Å². The quantitative estimate of drug-likeness (QED) is 0.0533. The molecule has 0 saturated heterocycles. The van der Waals surface area contributed by atoms with Gasteiger partial charge in [-0.25, -0.2) is 0 Å². The van der Waals surface area contributed by atoms with Crippen molar-refractivity contribution < 1.29 is 23.0 Å². The molecule has 1 N–H and O–H groups in total. The minimum absolute atomic E-state index is 0.149. The van der Waals surface area contributed by atoms with Gasteiger partial charge >= 0.3 is 6.18 Å². The van der Waals surface area contributed by atoms with Crippen LogP contribution in [0.25, 0.3) is 0 Å². The second-order valence-corrected chi connectivity index (χ2v) is 22.6. The van der Waals surface area contributed by atoms with E-state index in [1.165, 1.54) is 74.6 Å². The van der Waals surface area contributed by atoms with Crippen molar-refractivity contribution >= 4 is 28.8 Å². The molecule has 0 radical (unpaired) electrons. The summed E-state index contributed by atoms with van der Waals surface area (Å²) in [4.78, 5) is 3.58. The van der Waals surface area contributed by atoms with E-state index in [0.29, 0.717) is 19.1 Å².